The van der Waals surface area contributed by atoms with E-state index in [-0.39, 0.29) is 0 Å². The first-order valence-corrected chi connectivity index (χ1v) is 8.16. The zero-order valence-electron chi connectivity index (χ0n) is 15.1. The van der Waals surface area contributed by atoms with Crippen molar-refractivity contribution in [3.63, 3.8) is 0 Å². The van der Waals surface area contributed by atoms with E-state index in [1.807, 2.05) is 49.3 Å². The van der Waals surface area contributed by atoms with Gasteiger partial charge < -0.3 is 9.80 Å². The molecule has 0 aliphatic heterocycles. The van der Waals surface area contributed by atoms with Gasteiger partial charge in [0.25, 0.3) is 0 Å². The highest BCUT2D eigenvalue weighted by Gasteiger charge is 2.03. The van der Waals surface area contributed by atoms with E-state index < -0.39 is 0 Å². The summed E-state index contributed by atoms with van der Waals surface area (Å²) in [6.45, 7) is 5.36. The van der Waals surface area contributed by atoms with Gasteiger partial charge in [-0.15, -0.1) is 10.2 Å². The van der Waals surface area contributed by atoms with Crippen LogP contribution in [0.25, 0.3) is 0 Å². The number of nitrogens with zero attached hydrogens (tertiary/aromatic N) is 4. The minimum Gasteiger partial charge on any atom is -0.370 e. The van der Waals surface area contributed by atoms with Gasteiger partial charge in [0, 0.05) is 26.3 Å². The summed E-state index contributed by atoms with van der Waals surface area (Å²) >= 11 is 0. The van der Waals surface area contributed by atoms with Gasteiger partial charge in [-0.2, -0.15) is 0 Å². The molecule has 0 bridgehead atoms. The number of hydrogen-bond acceptors (Lipinski definition) is 6. The van der Waals surface area contributed by atoms with E-state index in [4.69, 9.17) is 0 Å². The van der Waals surface area contributed by atoms with Gasteiger partial charge >= 0.3 is 0 Å². The second-order valence-corrected chi connectivity index (χ2v) is 5.76. The van der Waals surface area contributed by atoms with Crippen LogP contribution >= 0.6 is 0 Å². The molecule has 0 aliphatic carbocycles. The minimum atomic E-state index is 0.591. The summed E-state index contributed by atoms with van der Waals surface area (Å²) in [4.78, 5) is 4.06. The molecule has 0 spiro atoms. The van der Waals surface area contributed by atoms with E-state index in [1.165, 1.54) is 5.56 Å². The molecule has 0 saturated heterocycles. The van der Waals surface area contributed by atoms with Crippen LogP contribution in [0.2, 0.25) is 0 Å². The van der Waals surface area contributed by atoms with Crippen molar-refractivity contribution in [1.82, 2.24) is 15.8 Å². The fourth-order valence-electron chi connectivity index (χ4n) is 2.20. The van der Waals surface area contributed by atoms with E-state index in [0.717, 1.165) is 17.9 Å². The monoisotopic (exact) mass is 338 g/mol. The number of azo groups is 1. The molecule has 0 aromatic heterocycles. The quantitative estimate of drug-likeness (QED) is 0.417. The number of rotatable bonds is 9. The highest BCUT2D eigenvalue weighted by Crippen LogP contribution is 2.21. The molecule has 0 unspecified atom stereocenters. The predicted molar refractivity (Wildman–Crippen MR) is 103 cm³/mol. The largest absolute Gasteiger partial charge is 0.370 e. The van der Waals surface area contributed by atoms with E-state index in [1.54, 1.807) is 0 Å². The van der Waals surface area contributed by atoms with Gasteiger partial charge in [-0.05, 0) is 36.9 Å². The van der Waals surface area contributed by atoms with Crippen molar-refractivity contribution >= 4 is 11.4 Å². The molecule has 0 radical (unpaired) electrons. The normalized spacial score (nSPS) is 10.8. The third-order valence-electron chi connectivity index (χ3n) is 3.77. The van der Waals surface area contributed by atoms with Crippen LogP contribution in [0.15, 0.2) is 77.2 Å². The smallest absolute Gasteiger partial charge is 0.144 e. The van der Waals surface area contributed by atoms with Crippen molar-refractivity contribution in [2.24, 2.45) is 10.2 Å². The van der Waals surface area contributed by atoms with Gasteiger partial charge in [0.15, 0.2) is 0 Å². The molecule has 0 fully saturated rings. The molecule has 132 valence electrons. The first kappa shape index (κ1) is 18.6. The maximum absolute atomic E-state index is 4.24. The topological polar surface area (TPSA) is 55.3 Å². The van der Waals surface area contributed by atoms with E-state index in [2.05, 4.69) is 63.9 Å². The van der Waals surface area contributed by atoms with Gasteiger partial charge in [-0.25, -0.2) is 5.43 Å². The van der Waals surface area contributed by atoms with Crippen LogP contribution in [-0.2, 0) is 6.54 Å². The van der Waals surface area contributed by atoms with Crippen molar-refractivity contribution in [2.45, 2.75) is 6.54 Å². The third-order valence-corrected chi connectivity index (χ3v) is 3.77. The lowest BCUT2D eigenvalue weighted by molar-refractivity contribution is 0.351. The summed E-state index contributed by atoms with van der Waals surface area (Å²) in [7, 11) is 5.79. The van der Waals surface area contributed by atoms with Crippen molar-refractivity contribution in [1.29, 1.82) is 0 Å². The standard InChI is InChI=1S/C19H26N6/c1-16(25(4)15-21-20-2)22-23-18-10-12-19(13-11-18)24(3)14-17-8-6-5-7-9-17/h5-13,20-21H,1,14-15H2,2-4H3. The maximum Gasteiger partial charge on any atom is 0.144 e. The zero-order valence-corrected chi connectivity index (χ0v) is 15.1. The summed E-state index contributed by atoms with van der Waals surface area (Å²) < 4.78 is 0. The molecule has 2 N–H and O–H groups in total. The average Bonchev–Trinajstić information content (AvgIpc) is 2.65. The summed E-state index contributed by atoms with van der Waals surface area (Å²) in [6, 6.07) is 18.4. The Hall–Kier alpha value is -2.70. The van der Waals surface area contributed by atoms with E-state index >= 15 is 0 Å². The lowest BCUT2D eigenvalue weighted by Gasteiger charge is -2.19. The second kappa shape index (κ2) is 9.56. The fraction of sp³-hybridized carbons (Fsp3) is 0.263. The highest BCUT2D eigenvalue weighted by molar-refractivity contribution is 5.52. The number of hydrazine groups is 1. The molecular formula is C19H26N6. The van der Waals surface area contributed by atoms with Crippen molar-refractivity contribution < 1.29 is 0 Å². The van der Waals surface area contributed by atoms with Crippen LogP contribution in [0, 0.1) is 0 Å². The van der Waals surface area contributed by atoms with Crippen LogP contribution in [0.4, 0.5) is 11.4 Å². The Morgan fingerprint density at radius 2 is 1.72 bits per heavy atom. The zero-order chi connectivity index (χ0) is 18.1. The number of benzene rings is 2. The lowest BCUT2D eigenvalue weighted by Crippen LogP contribution is -2.37. The van der Waals surface area contributed by atoms with Crippen molar-refractivity contribution in [2.75, 3.05) is 32.7 Å². The third kappa shape index (κ3) is 6.02. The number of hydrogen-bond donors (Lipinski definition) is 2. The first-order chi connectivity index (χ1) is 12.1. The van der Waals surface area contributed by atoms with Crippen LogP contribution in [0.3, 0.4) is 0 Å². The van der Waals surface area contributed by atoms with Crippen LogP contribution < -0.4 is 15.8 Å². The van der Waals surface area contributed by atoms with Gasteiger partial charge in [0.2, 0.25) is 0 Å². The predicted octanol–water partition coefficient (Wildman–Crippen LogP) is 3.49. The Balaban J connectivity index is 1.92. The molecule has 2 aromatic carbocycles. The van der Waals surface area contributed by atoms with Crippen LogP contribution in [-0.4, -0.2) is 32.7 Å². The number of nitrogens with one attached hydrogen (secondary N) is 2. The molecule has 0 saturated carbocycles. The molecule has 0 atom stereocenters. The van der Waals surface area contributed by atoms with E-state index in [9.17, 15) is 0 Å². The molecule has 0 heterocycles. The highest BCUT2D eigenvalue weighted by atomic mass is 15.4. The van der Waals surface area contributed by atoms with Crippen LogP contribution in [0.5, 0.6) is 0 Å². The van der Waals surface area contributed by atoms with Gasteiger partial charge in [0.1, 0.15) is 5.82 Å². The molecule has 25 heavy (non-hydrogen) atoms. The Morgan fingerprint density at radius 1 is 1.04 bits per heavy atom. The first-order valence-electron chi connectivity index (χ1n) is 8.16. The van der Waals surface area contributed by atoms with Crippen molar-refractivity contribution in [3.05, 3.63) is 72.6 Å². The Bertz CT molecular complexity index is 681. The number of anilines is 1. The molecule has 2 rings (SSSR count). The van der Waals surface area contributed by atoms with Gasteiger partial charge in [-0.1, -0.05) is 36.9 Å². The summed E-state index contributed by atoms with van der Waals surface area (Å²) in [5.41, 5.74) is 9.04. The molecular weight excluding hydrogens is 312 g/mol. The molecule has 0 amide bonds. The second-order valence-electron chi connectivity index (χ2n) is 5.76. The Morgan fingerprint density at radius 3 is 2.36 bits per heavy atom. The van der Waals surface area contributed by atoms with Crippen LogP contribution in [0.1, 0.15) is 5.56 Å². The summed E-state index contributed by atoms with van der Waals surface area (Å²) in [6.07, 6.45) is 0. The molecule has 6 heteroatoms. The van der Waals surface area contributed by atoms with E-state index in [0.29, 0.717) is 12.5 Å². The average molecular weight is 338 g/mol. The molecule has 2 aromatic rings. The summed E-state index contributed by atoms with van der Waals surface area (Å²) in [5, 5.41) is 8.40. The van der Waals surface area contributed by atoms with Gasteiger partial charge in [0.05, 0.1) is 12.4 Å². The molecule has 6 nitrogen and oxygen atoms in total. The fourth-order valence-corrected chi connectivity index (χ4v) is 2.20. The van der Waals surface area contributed by atoms with Gasteiger partial charge in [-0.3, -0.25) is 5.43 Å². The Labute approximate surface area is 149 Å². The Kier molecular flexibility index (Phi) is 7.13. The SMILES string of the molecule is C=C(N=Nc1ccc(N(C)Cc2ccccc2)cc1)N(C)CNNC. The minimum absolute atomic E-state index is 0.591. The molecule has 0 aliphatic rings. The summed E-state index contributed by atoms with van der Waals surface area (Å²) in [5.74, 6) is 0.591. The lowest BCUT2D eigenvalue weighted by atomic mass is 10.2. The maximum atomic E-state index is 4.24. The van der Waals surface area contributed by atoms with Crippen molar-refractivity contribution in [3.8, 4) is 0 Å².